The molecule has 5 nitrogen and oxygen atoms in total. The number of hydrogen-bond donors (Lipinski definition) is 0. The Morgan fingerprint density at radius 2 is 1.81 bits per heavy atom. The first-order valence-corrected chi connectivity index (χ1v) is 9.33. The summed E-state index contributed by atoms with van der Waals surface area (Å²) in [4.78, 5) is 14.0. The highest BCUT2D eigenvalue weighted by Crippen LogP contribution is 2.43. The van der Waals surface area contributed by atoms with Crippen LogP contribution in [0, 0.1) is 0 Å². The van der Waals surface area contributed by atoms with Crippen molar-refractivity contribution in [1.29, 1.82) is 0 Å². The van der Waals surface area contributed by atoms with Gasteiger partial charge < -0.3 is 14.2 Å². The Bertz CT molecular complexity index is 877. The first kappa shape index (κ1) is 17.9. The van der Waals surface area contributed by atoms with Gasteiger partial charge in [0.2, 0.25) is 0 Å². The molecule has 27 heavy (non-hydrogen) atoms. The lowest BCUT2D eigenvalue weighted by molar-refractivity contribution is 0.111. The molecule has 0 saturated carbocycles. The zero-order valence-electron chi connectivity index (χ0n) is 16.1. The van der Waals surface area contributed by atoms with Crippen LogP contribution in [0.2, 0.25) is 0 Å². The molecule has 0 radical (unpaired) electrons. The van der Waals surface area contributed by atoms with Crippen LogP contribution in [0.4, 0.5) is 0 Å². The van der Waals surface area contributed by atoms with Crippen molar-refractivity contribution in [3.63, 3.8) is 0 Å². The molecule has 0 bridgehead atoms. The van der Waals surface area contributed by atoms with Gasteiger partial charge >= 0.3 is 0 Å². The van der Waals surface area contributed by atoms with E-state index in [0.29, 0.717) is 17.4 Å². The van der Waals surface area contributed by atoms with Crippen LogP contribution in [0.3, 0.4) is 0 Å². The molecular formula is C22H25NO4. The van der Waals surface area contributed by atoms with E-state index in [1.54, 1.807) is 21.3 Å². The Balaban J connectivity index is 1.75. The fourth-order valence-electron chi connectivity index (χ4n) is 4.53. The lowest BCUT2D eigenvalue weighted by Crippen LogP contribution is -2.34. The van der Waals surface area contributed by atoms with Crippen molar-refractivity contribution in [2.45, 2.75) is 31.8 Å². The number of methoxy groups -OCH3 is 3. The number of aldehydes is 1. The van der Waals surface area contributed by atoms with E-state index < -0.39 is 0 Å². The molecule has 4 rings (SSSR count). The fourth-order valence-corrected chi connectivity index (χ4v) is 4.53. The molecule has 2 aromatic carbocycles. The number of nitrogens with zero attached hydrogens (tertiary/aromatic N) is 1. The van der Waals surface area contributed by atoms with Gasteiger partial charge in [-0.2, -0.15) is 0 Å². The third kappa shape index (κ3) is 2.96. The molecule has 0 unspecified atom stereocenters. The highest BCUT2D eigenvalue weighted by Gasteiger charge is 2.32. The number of hydrogen-bond acceptors (Lipinski definition) is 5. The van der Waals surface area contributed by atoms with E-state index in [1.165, 1.54) is 22.3 Å². The number of aryl methyl sites for hydroxylation is 1. The Morgan fingerprint density at radius 1 is 1.00 bits per heavy atom. The molecule has 0 aromatic heterocycles. The topological polar surface area (TPSA) is 48.0 Å². The summed E-state index contributed by atoms with van der Waals surface area (Å²) >= 11 is 0. The van der Waals surface area contributed by atoms with E-state index in [-0.39, 0.29) is 0 Å². The van der Waals surface area contributed by atoms with Gasteiger partial charge in [0.15, 0.2) is 17.8 Å². The Hall–Kier alpha value is -2.53. The van der Waals surface area contributed by atoms with E-state index in [0.717, 1.165) is 50.1 Å². The van der Waals surface area contributed by atoms with Crippen LogP contribution in [0.1, 0.15) is 45.1 Å². The first-order valence-electron chi connectivity index (χ1n) is 9.33. The summed E-state index contributed by atoms with van der Waals surface area (Å²) in [6.07, 6.45) is 3.82. The monoisotopic (exact) mass is 367 g/mol. The van der Waals surface area contributed by atoms with Gasteiger partial charge in [-0.05, 0) is 54.2 Å². The second-order valence-corrected chi connectivity index (χ2v) is 7.12. The molecule has 0 N–H and O–H groups in total. The van der Waals surface area contributed by atoms with Crippen molar-refractivity contribution in [2.24, 2.45) is 0 Å². The van der Waals surface area contributed by atoms with Gasteiger partial charge in [0.25, 0.3) is 0 Å². The molecule has 0 aliphatic carbocycles. The number of benzene rings is 2. The average molecular weight is 367 g/mol. The van der Waals surface area contributed by atoms with Gasteiger partial charge in [-0.3, -0.25) is 9.69 Å². The summed E-state index contributed by atoms with van der Waals surface area (Å²) in [6, 6.07) is 8.50. The standard InChI is InChI=1S/C22H25NO4/c1-25-20-7-5-14-4-6-19-17-10-16(13-24)21(26-2)11-15(17)8-9-23(19)12-18(14)22(20)27-3/h5,7,10-11,13,19H,4,6,8-9,12H2,1-3H3/t19-/m0/s1. The van der Waals surface area contributed by atoms with Crippen LogP contribution in [0.25, 0.3) is 0 Å². The van der Waals surface area contributed by atoms with Crippen molar-refractivity contribution in [3.05, 3.63) is 52.1 Å². The maximum absolute atomic E-state index is 11.5. The van der Waals surface area contributed by atoms with Crippen molar-refractivity contribution in [1.82, 2.24) is 4.90 Å². The third-order valence-electron chi connectivity index (χ3n) is 5.88. The summed E-state index contributed by atoms with van der Waals surface area (Å²) in [7, 11) is 5.00. The molecule has 1 atom stereocenters. The number of carbonyl (C=O) groups excluding carboxylic acids is 1. The molecule has 142 valence electrons. The maximum Gasteiger partial charge on any atom is 0.165 e. The number of ether oxygens (including phenoxy) is 3. The van der Waals surface area contributed by atoms with Gasteiger partial charge in [-0.15, -0.1) is 0 Å². The molecule has 2 aromatic rings. The summed E-state index contributed by atoms with van der Waals surface area (Å²) in [5, 5.41) is 0. The molecule has 0 saturated heterocycles. The summed E-state index contributed by atoms with van der Waals surface area (Å²) in [6.45, 7) is 1.79. The van der Waals surface area contributed by atoms with E-state index >= 15 is 0 Å². The lowest BCUT2D eigenvalue weighted by Gasteiger charge is -2.36. The zero-order chi connectivity index (χ0) is 19.0. The van der Waals surface area contributed by atoms with Crippen LogP contribution in [0.15, 0.2) is 24.3 Å². The van der Waals surface area contributed by atoms with Crippen molar-refractivity contribution in [3.8, 4) is 17.2 Å². The second kappa shape index (κ2) is 7.24. The Labute approximate surface area is 159 Å². The van der Waals surface area contributed by atoms with Crippen LogP contribution >= 0.6 is 0 Å². The van der Waals surface area contributed by atoms with Gasteiger partial charge in [-0.25, -0.2) is 0 Å². The van der Waals surface area contributed by atoms with E-state index in [4.69, 9.17) is 14.2 Å². The first-order chi connectivity index (χ1) is 13.2. The van der Waals surface area contributed by atoms with Gasteiger partial charge in [-0.1, -0.05) is 6.07 Å². The quantitative estimate of drug-likeness (QED) is 0.773. The lowest BCUT2D eigenvalue weighted by atomic mass is 9.88. The Kier molecular flexibility index (Phi) is 4.79. The number of carbonyl (C=O) groups is 1. The van der Waals surface area contributed by atoms with Crippen molar-refractivity contribution >= 4 is 6.29 Å². The van der Waals surface area contributed by atoms with E-state index in [1.807, 2.05) is 18.2 Å². The number of rotatable bonds is 4. The molecule has 0 amide bonds. The van der Waals surface area contributed by atoms with Gasteiger partial charge in [0, 0.05) is 24.7 Å². The maximum atomic E-state index is 11.5. The predicted molar refractivity (Wildman–Crippen MR) is 103 cm³/mol. The molecule has 0 fully saturated rings. The molecule has 2 aliphatic heterocycles. The third-order valence-corrected chi connectivity index (χ3v) is 5.88. The minimum absolute atomic E-state index is 0.293. The smallest absolute Gasteiger partial charge is 0.165 e. The molecular weight excluding hydrogens is 342 g/mol. The van der Waals surface area contributed by atoms with E-state index in [9.17, 15) is 4.79 Å². The predicted octanol–water partition coefficient (Wildman–Crippen LogP) is 3.57. The molecule has 0 spiro atoms. The van der Waals surface area contributed by atoms with Crippen LogP contribution in [-0.2, 0) is 19.4 Å². The van der Waals surface area contributed by atoms with Crippen LogP contribution < -0.4 is 14.2 Å². The highest BCUT2D eigenvalue weighted by molar-refractivity contribution is 5.80. The zero-order valence-corrected chi connectivity index (χ0v) is 16.1. The minimum atomic E-state index is 0.293. The second-order valence-electron chi connectivity index (χ2n) is 7.12. The highest BCUT2D eigenvalue weighted by atomic mass is 16.5. The Morgan fingerprint density at radius 3 is 2.52 bits per heavy atom. The fraction of sp³-hybridized carbons (Fsp3) is 0.409. The SMILES string of the molecule is COc1cc2c(cc1C=O)[C@@H]1CCc3ccc(OC)c(OC)c3CN1CC2. The summed E-state index contributed by atoms with van der Waals surface area (Å²) in [5.41, 5.74) is 5.69. The van der Waals surface area contributed by atoms with Crippen LogP contribution in [0.5, 0.6) is 17.2 Å². The van der Waals surface area contributed by atoms with Gasteiger partial charge in [0.05, 0.1) is 26.9 Å². The number of fused-ring (bicyclic) bond motifs is 4. The van der Waals surface area contributed by atoms with Gasteiger partial charge in [0.1, 0.15) is 5.75 Å². The van der Waals surface area contributed by atoms with E-state index in [2.05, 4.69) is 11.0 Å². The molecule has 2 heterocycles. The minimum Gasteiger partial charge on any atom is -0.496 e. The molecule has 5 heteroatoms. The largest absolute Gasteiger partial charge is 0.496 e. The average Bonchev–Trinajstić information content (AvgIpc) is 2.91. The van der Waals surface area contributed by atoms with Crippen LogP contribution in [-0.4, -0.2) is 39.1 Å². The summed E-state index contributed by atoms with van der Waals surface area (Å²) in [5.74, 6) is 2.28. The van der Waals surface area contributed by atoms with Crippen molar-refractivity contribution < 1.29 is 19.0 Å². The molecule has 2 aliphatic rings. The summed E-state index contributed by atoms with van der Waals surface area (Å²) < 4.78 is 16.6. The van der Waals surface area contributed by atoms with Crippen molar-refractivity contribution in [2.75, 3.05) is 27.9 Å². The normalized spacial score (nSPS) is 18.6.